The Morgan fingerprint density at radius 1 is 1.23 bits per heavy atom. The van der Waals surface area contributed by atoms with E-state index in [0.717, 1.165) is 24.8 Å². The Balaban J connectivity index is 1.93. The van der Waals surface area contributed by atoms with Gasteiger partial charge in [-0.1, -0.05) is 36.9 Å². The van der Waals surface area contributed by atoms with Gasteiger partial charge in [0, 0.05) is 18.6 Å². The Hall–Kier alpha value is -2.38. The number of ether oxygens (including phenoxy) is 2. The molecular formula is C24H35NO6. The number of aliphatic carboxylic acids is 1. The molecule has 0 radical (unpaired) electrons. The van der Waals surface area contributed by atoms with Gasteiger partial charge in [0.15, 0.2) is 0 Å². The van der Waals surface area contributed by atoms with Gasteiger partial charge in [-0.05, 0) is 57.4 Å². The molecular weight excluding hydrogens is 398 g/mol. The number of aliphatic hydroxyl groups excluding tert-OH is 1. The quantitative estimate of drug-likeness (QED) is 0.339. The van der Waals surface area contributed by atoms with E-state index in [1.807, 2.05) is 30.3 Å². The number of carbonyl (C=O) groups is 2. The highest BCUT2D eigenvalue weighted by Crippen LogP contribution is 2.53. The second kappa shape index (κ2) is 10.8. The molecule has 0 aliphatic heterocycles. The zero-order valence-electron chi connectivity index (χ0n) is 18.7. The summed E-state index contributed by atoms with van der Waals surface area (Å²) in [6.07, 6.45) is 1.44. The van der Waals surface area contributed by atoms with Gasteiger partial charge in [0.25, 0.3) is 0 Å². The van der Waals surface area contributed by atoms with E-state index in [1.54, 1.807) is 20.8 Å². The second-order valence-corrected chi connectivity index (χ2v) is 9.43. The summed E-state index contributed by atoms with van der Waals surface area (Å²) in [7, 11) is 0. The molecule has 7 nitrogen and oxygen atoms in total. The number of hydrogen-bond donors (Lipinski definition) is 3. The molecule has 7 heteroatoms. The van der Waals surface area contributed by atoms with Gasteiger partial charge in [0.05, 0.1) is 18.8 Å². The fraction of sp³-hybridized carbons (Fsp3) is 0.583. The highest BCUT2D eigenvalue weighted by molar-refractivity contribution is 5.85. The normalized spacial score (nSPS) is 16.8. The highest BCUT2D eigenvalue weighted by atomic mass is 16.6. The van der Waals surface area contributed by atoms with Gasteiger partial charge in [-0.3, -0.25) is 0 Å². The van der Waals surface area contributed by atoms with E-state index in [-0.39, 0.29) is 17.4 Å². The number of aliphatic hydroxyl groups is 1. The molecule has 1 aromatic rings. The van der Waals surface area contributed by atoms with Gasteiger partial charge in [-0.2, -0.15) is 0 Å². The molecule has 0 spiro atoms. The largest absolute Gasteiger partial charge is 0.478 e. The van der Waals surface area contributed by atoms with Crippen LogP contribution >= 0.6 is 0 Å². The van der Waals surface area contributed by atoms with Gasteiger partial charge in [-0.25, -0.2) is 9.59 Å². The molecule has 0 unspecified atom stereocenters. The first kappa shape index (κ1) is 24.9. The lowest BCUT2D eigenvalue weighted by molar-refractivity contribution is -0.133. The molecule has 172 valence electrons. The molecule has 1 saturated carbocycles. The van der Waals surface area contributed by atoms with Crippen LogP contribution in [0.1, 0.15) is 58.4 Å². The molecule has 0 bridgehead atoms. The highest BCUT2D eigenvalue weighted by Gasteiger charge is 2.45. The van der Waals surface area contributed by atoms with Crippen molar-refractivity contribution in [2.24, 2.45) is 5.41 Å². The van der Waals surface area contributed by atoms with Crippen molar-refractivity contribution in [2.45, 2.75) is 77.2 Å². The number of benzene rings is 1. The van der Waals surface area contributed by atoms with E-state index in [2.05, 4.69) is 11.9 Å². The molecule has 0 aromatic heterocycles. The zero-order chi connectivity index (χ0) is 23.1. The van der Waals surface area contributed by atoms with Crippen molar-refractivity contribution in [1.82, 2.24) is 5.32 Å². The van der Waals surface area contributed by atoms with Crippen LogP contribution < -0.4 is 5.32 Å². The Kier molecular flexibility index (Phi) is 8.65. The van der Waals surface area contributed by atoms with Crippen LogP contribution in [0.3, 0.4) is 0 Å². The van der Waals surface area contributed by atoms with Crippen molar-refractivity contribution in [3.8, 4) is 0 Å². The zero-order valence-corrected chi connectivity index (χ0v) is 18.7. The van der Waals surface area contributed by atoms with Crippen molar-refractivity contribution >= 4 is 12.1 Å². The molecule has 31 heavy (non-hydrogen) atoms. The standard InChI is InChI=1S/C24H35NO6/c1-17(21(27)28)14-20(26)19(25-22(29)31-23(2,3)4)15-24(10-11-24)12-13-30-16-18-8-6-5-7-9-18/h5-9,19-20,26H,1,10-16H2,2-4H3,(H,25,29)(H,27,28)/t19-,20-/m0/s1. The van der Waals surface area contributed by atoms with Gasteiger partial charge < -0.3 is 25.0 Å². The van der Waals surface area contributed by atoms with E-state index in [0.29, 0.717) is 19.6 Å². The summed E-state index contributed by atoms with van der Waals surface area (Å²) < 4.78 is 11.1. The molecule has 3 N–H and O–H groups in total. The number of alkyl carbamates (subject to hydrolysis) is 1. The van der Waals surface area contributed by atoms with Crippen LogP contribution in [0.25, 0.3) is 0 Å². The van der Waals surface area contributed by atoms with E-state index >= 15 is 0 Å². The summed E-state index contributed by atoms with van der Waals surface area (Å²) in [4.78, 5) is 23.4. The summed E-state index contributed by atoms with van der Waals surface area (Å²) in [5.41, 5.74) is 0.299. The van der Waals surface area contributed by atoms with Gasteiger partial charge in [0.2, 0.25) is 0 Å². The predicted molar refractivity (Wildman–Crippen MR) is 118 cm³/mol. The van der Waals surface area contributed by atoms with Crippen molar-refractivity contribution < 1.29 is 29.3 Å². The average molecular weight is 434 g/mol. The maximum atomic E-state index is 12.3. The topological polar surface area (TPSA) is 105 Å². The summed E-state index contributed by atoms with van der Waals surface area (Å²) in [5, 5.41) is 22.5. The third-order valence-corrected chi connectivity index (χ3v) is 5.42. The maximum Gasteiger partial charge on any atom is 0.407 e. The minimum Gasteiger partial charge on any atom is -0.478 e. The summed E-state index contributed by atoms with van der Waals surface area (Å²) in [6, 6.07) is 9.30. The lowest BCUT2D eigenvalue weighted by Gasteiger charge is -2.29. The first-order valence-corrected chi connectivity index (χ1v) is 10.7. The fourth-order valence-electron chi connectivity index (χ4n) is 3.48. The van der Waals surface area contributed by atoms with Crippen molar-refractivity contribution in [2.75, 3.05) is 6.61 Å². The van der Waals surface area contributed by atoms with E-state index in [1.165, 1.54) is 0 Å². The Morgan fingerprint density at radius 2 is 1.87 bits per heavy atom. The van der Waals surface area contributed by atoms with Crippen LogP contribution in [0, 0.1) is 5.41 Å². The second-order valence-electron chi connectivity index (χ2n) is 9.43. The Labute approximate surface area is 184 Å². The van der Waals surface area contributed by atoms with Crippen LogP contribution in [0.5, 0.6) is 0 Å². The number of carboxylic acid groups (broad SMARTS) is 1. The summed E-state index contributed by atoms with van der Waals surface area (Å²) >= 11 is 0. The maximum absolute atomic E-state index is 12.3. The number of hydrogen-bond acceptors (Lipinski definition) is 5. The first-order chi connectivity index (χ1) is 14.5. The summed E-state index contributed by atoms with van der Waals surface area (Å²) in [5.74, 6) is -1.16. The molecule has 1 aliphatic rings. The lowest BCUT2D eigenvalue weighted by atomic mass is 9.89. The number of nitrogens with one attached hydrogen (secondary N) is 1. The average Bonchev–Trinajstić information content (AvgIpc) is 3.43. The van der Waals surface area contributed by atoms with E-state index < -0.39 is 29.8 Å². The Morgan fingerprint density at radius 3 is 2.42 bits per heavy atom. The third kappa shape index (κ3) is 9.11. The Bertz CT molecular complexity index is 751. The molecule has 2 rings (SSSR count). The van der Waals surface area contributed by atoms with E-state index in [4.69, 9.17) is 14.6 Å². The smallest absolute Gasteiger partial charge is 0.407 e. The number of amides is 1. The first-order valence-electron chi connectivity index (χ1n) is 10.7. The minimum atomic E-state index is -1.16. The van der Waals surface area contributed by atoms with Crippen molar-refractivity contribution in [1.29, 1.82) is 0 Å². The van der Waals surface area contributed by atoms with Crippen LogP contribution in [0.2, 0.25) is 0 Å². The monoisotopic (exact) mass is 433 g/mol. The number of rotatable bonds is 12. The summed E-state index contributed by atoms with van der Waals surface area (Å²) in [6.45, 7) is 9.89. The lowest BCUT2D eigenvalue weighted by Crippen LogP contribution is -2.47. The van der Waals surface area contributed by atoms with Gasteiger partial charge in [0.1, 0.15) is 5.60 Å². The van der Waals surface area contributed by atoms with E-state index in [9.17, 15) is 14.7 Å². The molecule has 1 amide bonds. The fourth-order valence-corrected chi connectivity index (χ4v) is 3.48. The SMILES string of the molecule is C=C(C[C@H](O)[C@H](CC1(CCOCc2ccccc2)CC1)NC(=O)OC(C)(C)C)C(=O)O. The molecule has 0 heterocycles. The molecule has 1 aromatic carbocycles. The molecule has 2 atom stereocenters. The van der Waals surface area contributed by atoms with Gasteiger partial charge in [-0.15, -0.1) is 0 Å². The van der Waals surface area contributed by atoms with Crippen LogP contribution in [0.15, 0.2) is 42.5 Å². The third-order valence-electron chi connectivity index (χ3n) is 5.42. The van der Waals surface area contributed by atoms with Crippen LogP contribution in [-0.4, -0.2) is 46.6 Å². The number of carboxylic acids is 1. The van der Waals surface area contributed by atoms with Gasteiger partial charge >= 0.3 is 12.1 Å². The minimum absolute atomic E-state index is 0.0398. The molecule has 1 aliphatic carbocycles. The number of carbonyl (C=O) groups excluding carboxylic acids is 1. The van der Waals surface area contributed by atoms with Crippen LogP contribution in [0.4, 0.5) is 4.79 Å². The van der Waals surface area contributed by atoms with Crippen molar-refractivity contribution in [3.63, 3.8) is 0 Å². The molecule has 1 fully saturated rings. The molecule has 0 saturated heterocycles. The predicted octanol–water partition coefficient (Wildman–Crippen LogP) is 4.05. The van der Waals surface area contributed by atoms with Crippen molar-refractivity contribution in [3.05, 3.63) is 48.0 Å². The van der Waals surface area contributed by atoms with Crippen LogP contribution in [-0.2, 0) is 20.9 Å².